The van der Waals surface area contributed by atoms with Crippen molar-refractivity contribution in [3.63, 3.8) is 0 Å². The van der Waals surface area contributed by atoms with E-state index in [4.69, 9.17) is 0 Å². The summed E-state index contributed by atoms with van der Waals surface area (Å²) in [5, 5.41) is 5.71. The van der Waals surface area contributed by atoms with Crippen molar-refractivity contribution in [3.05, 3.63) is 59.7 Å². The van der Waals surface area contributed by atoms with Gasteiger partial charge in [0.15, 0.2) is 0 Å². The highest BCUT2D eigenvalue weighted by atomic mass is 16.2. The van der Waals surface area contributed by atoms with Gasteiger partial charge in [0.2, 0.25) is 11.8 Å². The van der Waals surface area contributed by atoms with Crippen molar-refractivity contribution in [2.75, 3.05) is 38.8 Å². The van der Waals surface area contributed by atoms with E-state index < -0.39 is 0 Å². The molecule has 0 aliphatic heterocycles. The lowest BCUT2D eigenvalue weighted by Gasteiger charge is -2.11. The summed E-state index contributed by atoms with van der Waals surface area (Å²) in [6, 6.07) is 13.7. The number of anilines is 2. The minimum atomic E-state index is -0.0766. The highest BCUT2D eigenvalue weighted by Gasteiger charge is 2.10. The van der Waals surface area contributed by atoms with E-state index in [1.807, 2.05) is 0 Å². The topological polar surface area (TPSA) is 98.8 Å². The van der Waals surface area contributed by atoms with E-state index in [0.717, 1.165) is 32.1 Å². The monoisotopic (exact) mass is 480 g/mol. The Morgan fingerprint density at radius 2 is 0.857 bits per heavy atom. The first-order valence-electron chi connectivity index (χ1n) is 11.9. The molecule has 0 radical (unpaired) electrons. The summed E-state index contributed by atoms with van der Waals surface area (Å²) in [7, 11) is 6.79. The molecule has 0 spiro atoms. The van der Waals surface area contributed by atoms with Gasteiger partial charge >= 0.3 is 0 Å². The number of rotatable bonds is 12. The smallest absolute Gasteiger partial charge is 0.253 e. The van der Waals surface area contributed by atoms with Crippen LogP contribution in [-0.2, 0) is 9.59 Å². The van der Waals surface area contributed by atoms with Crippen molar-refractivity contribution in [2.24, 2.45) is 0 Å². The molecule has 0 aliphatic rings. The first-order chi connectivity index (χ1) is 16.7. The molecule has 0 unspecified atom stereocenters. The largest absolute Gasteiger partial charge is 0.345 e. The molecule has 2 N–H and O–H groups in total. The van der Waals surface area contributed by atoms with Crippen molar-refractivity contribution < 1.29 is 19.2 Å². The van der Waals surface area contributed by atoms with E-state index in [9.17, 15) is 19.2 Å². The van der Waals surface area contributed by atoms with Crippen LogP contribution in [0.1, 0.15) is 65.7 Å². The molecule has 0 saturated heterocycles. The van der Waals surface area contributed by atoms with E-state index in [1.165, 1.54) is 9.80 Å². The quantitative estimate of drug-likeness (QED) is 0.440. The summed E-state index contributed by atoms with van der Waals surface area (Å²) < 4.78 is 0. The van der Waals surface area contributed by atoms with Gasteiger partial charge in [0.05, 0.1) is 0 Å². The number of carbonyl (C=O) groups is 4. The Hall–Kier alpha value is -3.68. The average molecular weight is 481 g/mol. The van der Waals surface area contributed by atoms with Gasteiger partial charge < -0.3 is 20.4 Å². The number of unbranched alkanes of at least 4 members (excludes halogenated alkanes) is 4. The average Bonchev–Trinajstić information content (AvgIpc) is 2.83. The maximum Gasteiger partial charge on any atom is 0.253 e. The molecule has 4 amide bonds. The van der Waals surface area contributed by atoms with Gasteiger partial charge in [0.25, 0.3) is 11.8 Å². The fourth-order valence-electron chi connectivity index (χ4n) is 3.46. The lowest BCUT2D eigenvalue weighted by Crippen LogP contribution is -2.21. The fourth-order valence-corrected chi connectivity index (χ4v) is 3.46. The Labute approximate surface area is 207 Å². The van der Waals surface area contributed by atoms with Crippen LogP contribution in [0, 0.1) is 0 Å². The van der Waals surface area contributed by atoms with Crippen LogP contribution in [0.2, 0.25) is 0 Å². The zero-order chi connectivity index (χ0) is 25.8. The first-order valence-corrected chi connectivity index (χ1v) is 11.9. The Morgan fingerprint density at radius 1 is 0.543 bits per heavy atom. The van der Waals surface area contributed by atoms with Crippen LogP contribution >= 0.6 is 0 Å². The second kappa shape index (κ2) is 13.9. The third-order valence-corrected chi connectivity index (χ3v) is 5.45. The Bertz CT molecular complexity index is 917. The van der Waals surface area contributed by atoms with E-state index in [2.05, 4.69) is 10.6 Å². The number of benzene rings is 2. The molecule has 0 saturated carbocycles. The normalized spacial score (nSPS) is 10.4. The molecule has 0 heterocycles. The maximum atomic E-state index is 12.1. The molecule has 0 aromatic heterocycles. The zero-order valence-electron chi connectivity index (χ0n) is 21.1. The second-order valence-corrected chi connectivity index (χ2v) is 8.92. The van der Waals surface area contributed by atoms with Gasteiger partial charge in [-0.15, -0.1) is 0 Å². The standard InChI is InChI=1S/C27H36N4O4/c1-30(2)26(34)20-12-16-22(17-13-20)28-24(32)10-8-6-5-7-9-11-25(33)29-23-18-14-21(15-19-23)27(35)31(3)4/h12-19H,5-11H2,1-4H3,(H,28,32)(H,29,33). The van der Waals surface area contributed by atoms with Crippen LogP contribution in [0.25, 0.3) is 0 Å². The molecule has 2 rings (SSSR count). The highest BCUT2D eigenvalue weighted by molar-refractivity contribution is 5.96. The van der Waals surface area contributed by atoms with E-state index in [-0.39, 0.29) is 23.6 Å². The molecular formula is C27H36N4O4. The molecule has 0 atom stereocenters. The number of nitrogens with zero attached hydrogens (tertiary/aromatic N) is 2. The van der Waals surface area contributed by atoms with E-state index >= 15 is 0 Å². The number of hydrogen-bond donors (Lipinski definition) is 2. The molecule has 8 nitrogen and oxygen atoms in total. The van der Waals surface area contributed by atoms with Crippen molar-refractivity contribution >= 4 is 35.0 Å². The summed E-state index contributed by atoms with van der Waals surface area (Å²) >= 11 is 0. The number of amides is 4. The van der Waals surface area contributed by atoms with E-state index in [1.54, 1.807) is 76.7 Å². The van der Waals surface area contributed by atoms with Crippen molar-refractivity contribution in [1.82, 2.24) is 9.80 Å². The Balaban J connectivity index is 1.56. The maximum absolute atomic E-state index is 12.1. The minimum absolute atomic E-state index is 0.0469. The van der Waals surface area contributed by atoms with Gasteiger partial charge in [0.1, 0.15) is 0 Å². The Morgan fingerprint density at radius 3 is 1.17 bits per heavy atom. The van der Waals surface area contributed by atoms with Crippen LogP contribution in [0.4, 0.5) is 11.4 Å². The van der Waals surface area contributed by atoms with E-state index in [0.29, 0.717) is 35.3 Å². The molecule has 35 heavy (non-hydrogen) atoms. The Kier molecular flexibility index (Phi) is 10.9. The predicted octanol–water partition coefficient (Wildman–Crippen LogP) is 4.40. The lowest BCUT2D eigenvalue weighted by atomic mass is 10.1. The summed E-state index contributed by atoms with van der Waals surface area (Å²) in [4.78, 5) is 51.1. The van der Waals surface area contributed by atoms with Crippen LogP contribution in [0.3, 0.4) is 0 Å². The number of nitrogens with one attached hydrogen (secondary N) is 2. The van der Waals surface area contributed by atoms with Gasteiger partial charge in [-0.3, -0.25) is 19.2 Å². The molecule has 188 valence electrons. The summed E-state index contributed by atoms with van der Waals surface area (Å²) in [6.45, 7) is 0. The third kappa shape index (κ3) is 9.60. The van der Waals surface area contributed by atoms with Crippen molar-refractivity contribution in [2.45, 2.75) is 44.9 Å². The third-order valence-electron chi connectivity index (χ3n) is 5.45. The number of hydrogen-bond acceptors (Lipinski definition) is 4. The van der Waals surface area contributed by atoms with Gasteiger partial charge in [-0.1, -0.05) is 19.3 Å². The van der Waals surface area contributed by atoms with Crippen LogP contribution in [0.15, 0.2) is 48.5 Å². The van der Waals surface area contributed by atoms with Crippen molar-refractivity contribution in [3.8, 4) is 0 Å². The molecular weight excluding hydrogens is 444 g/mol. The zero-order valence-corrected chi connectivity index (χ0v) is 21.1. The molecule has 0 aliphatic carbocycles. The molecule has 2 aromatic rings. The highest BCUT2D eigenvalue weighted by Crippen LogP contribution is 2.14. The molecule has 8 heteroatoms. The van der Waals surface area contributed by atoms with Gasteiger partial charge in [-0.05, 0) is 61.4 Å². The molecule has 0 fully saturated rings. The summed E-state index contributed by atoms with van der Waals surface area (Å²) in [5.41, 5.74) is 2.51. The predicted molar refractivity (Wildman–Crippen MR) is 138 cm³/mol. The second-order valence-electron chi connectivity index (χ2n) is 8.92. The van der Waals surface area contributed by atoms with Crippen LogP contribution in [-0.4, -0.2) is 61.6 Å². The van der Waals surface area contributed by atoms with Crippen LogP contribution in [0.5, 0.6) is 0 Å². The SMILES string of the molecule is CN(C)C(=O)c1ccc(NC(=O)CCCCCCCC(=O)Nc2ccc(C(=O)N(C)C)cc2)cc1. The summed E-state index contributed by atoms with van der Waals surface area (Å²) in [6.07, 6.45) is 5.25. The fraction of sp³-hybridized carbons (Fsp3) is 0.407. The molecule has 0 bridgehead atoms. The van der Waals surface area contributed by atoms with Crippen LogP contribution < -0.4 is 10.6 Å². The minimum Gasteiger partial charge on any atom is -0.345 e. The number of carbonyl (C=O) groups excluding carboxylic acids is 4. The first kappa shape index (κ1) is 27.6. The lowest BCUT2D eigenvalue weighted by molar-refractivity contribution is -0.117. The van der Waals surface area contributed by atoms with Gasteiger partial charge in [0, 0.05) is 63.5 Å². The van der Waals surface area contributed by atoms with Gasteiger partial charge in [-0.2, -0.15) is 0 Å². The molecule has 2 aromatic carbocycles. The summed E-state index contributed by atoms with van der Waals surface area (Å²) in [5.74, 6) is -0.247. The van der Waals surface area contributed by atoms with Crippen molar-refractivity contribution in [1.29, 1.82) is 0 Å². The van der Waals surface area contributed by atoms with Gasteiger partial charge in [-0.25, -0.2) is 0 Å².